The Kier molecular flexibility index (Phi) is 7.87. The van der Waals surface area contributed by atoms with E-state index in [-0.39, 0.29) is 34.0 Å². The van der Waals surface area contributed by atoms with Crippen molar-refractivity contribution in [3.63, 3.8) is 0 Å². The van der Waals surface area contributed by atoms with Gasteiger partial charge in [0, 0.05) is 29.7 Å². The van der Waals surface area contributed by atoms with Crippen LogP contribution in [-0.2, 0) is 23.4 Å². The largest absolute Gasteiger partial charge is 0.399 e. The molecule has 12 nitrogen and oxygen atoms in total. The fourth-order valence-corrected chi connectivity index (χ4v) is 6.15. The summed E-state index contributed by atoms with van der Waals surface area (Å²) in [4.78, 5) is 30.8. The van der Waals surface area contributed by atoms with E-state index in [1.165, 1.54) is 12.1 Å². The van der Waals surface area contributed by atoms with Crippen LogP contribution in [-0.4, -0.2) is 58.3 Å². The molecule has 0 atom stereocenters. The van der Waals surface area contributed by atoms with Gasteiger partial charge in [0.25, 0.3) is 5.56 Å². The van der Waals surface area contributed by atoms with Gasteiger partial charge in [-0.3, -0.25) is 13.9 Å². The summed E-state index contributed by atoms with van der Waals surface area (Å²) >= 11 is 1.12. The first-order chi connectivity index (χ1) is 20.3. The standard InChI is InChI=1S/C27H25F2N7O5S2/c1-33(2)13-18-23-25(37)36(22-12-11-21(31-32-22)34(3)43(39,40)41)27(38)35(14-17-19(28)5-4-6-20(17)29)26(23)42-24(18)15-7-9-16(30)10-8-15/h4-12H,13-14,30H2,1-3H3,(H,39,40,41). The highest BCUT2D eigenvalue weighted by Crippen LogP contribution is 2.38. The van der Waals surface area contributed by atoms with E-state index in [1.807, 2.05) is 4.90 Å². The SMILES string of the molecule is CN(C)Cc1c(-c2ccc(N)cc2)sc2c1c(=O)n(-c1ccc(N(C)S(=O)(=O)O)nn1)c(=O)n2Cc1c(F)cccc1F. The number of nitrogen functional groups attached to an aromatic ring is 1. The van der Waals surface area contributed by atoms with Crippen LogP contribution in [0.4, 0.5) is 20.3 Å². The van der Waals surface area contributed by atoms with Crippen molar-refractivity contribution in [1.82, 2.24) is 24.2 Å². The van der Waals surface area contributed by atoms with E-state index < -0.39 is 39.7 Å². The molecule has 0 saturated carbocycles. The molecule has 0 spiro atoms. The highest BCUT2D eigenvalue weighted by Gasteiger charge is 2.26. The summed E-state index contributed by atoms with van der Waals surface area (Å²) in [6, 6.07) is 12.6. The molecule has 0 amide bonds. The number of halogens is 2. The van der Waals surface area contributed by atoms with Gasteiger partial charge in [0.2, 0.25) is 0 Å². The minimum atomic E-state index is -4.66. The molecule has 3 aromatic heterocycles. The third-order valence-electron chi connectivity index (χ3n) is 6.63. The summed E-state index contributed by atoms with van der Waals surface area (Å²) in [5, 5.41) is 7.75. The Balaban J connectivity index is 1.85. The lowest BCUT2D eigenvalue weighted by atomic mass is 10.1. The molecular weight excluding hydrogens is 604 g/mol. The first-order valence-electron chi connectivity index (χ1n) is 12.6. The van der Waals surface area contributed by atoms with Gasteiger partial charge >= 0.3 is 16.0 Å². The summed E-state index contributed by atoms with van der Waals surface area (Å²) in [6.45, 7) is -0.279. The van der Waals surface area contributed by atoms with E-state index in [0.717, 1.165) is 41.2 Å². The highest BCUT2D eigenvalue weighted by atomic mass is 32.2. The number of anilines is 2. The zero-order chi connectivity index (χ0) is 31.2. The van der Waals surface area contributed by atoms with Crippen molar-refractivity contribution in [3.8, 4) is 16.3 Å². The van der Waals surface area contributed by atoms with Crippen LogP contribution in [0, 0.1) is 11.6 Å². The van der Waals surface area contributed by atoms with Crippen LogP contribution in [0.2, 0.25) is 0 Å². The van der Waals surface area contributed by atoms with Gasteiger partial charge in [0.1, 0.15) is 16.5 Å². The number of nitrogens with zero attached hydrogens (tertiary/aromatic N) is 6. The van der Waals surface area contributed by atoms with Crippen molar-refractivity contribution >= 4 is 43.4 Å². The lowest BCUT2D eigenvalue weighted by molar-refractivity contribution is 0.405. The van der Waals surface area contributed by atoms with E-state index >= 15 is 0 Å². The smallest absolute Gasteiger partial charge is 0.360 e. The average molecular weight is 630 g/mol. The van der Waals surface area contributed by atoms with Gasteiger partial charge in [-0.1, -0.05) is 18.2 Å². The Morgan fingerprint density at radius 3 is 2.16 bits per heavy atom. The Morgan fingerprint density at radius 1 is 0.953 bits per heavy atom. The Labute approximate surface area is 247 Å². The molecule has 2 aromatic carbocycles. The van der Waals surface area contributed by atoms with Crippen molar-refractivity contribution in [1.29, 1.82) is 0 Å². The molecule has 0 fully saturated rings. The monoisotopic (exact) mass is 629 g/mol. The Morgan fingerprint density at radius 2 is 1.60 bits per heavy atom. The third kappa shape index (κ3) is 5.64. The second kappa shape index (κ2) is 11.3. The van der Waals surface area contributed by atoms with Crippen LogP contribution in [0.15, 0.2) is 64.2 Å². The zero-order valence-electron chi connectivity index (χ0n) is 23.0. The number of hydrogen-bond acceptors (Lipinski definition) is 9. The van der Waals surface area contributed by atoms with Gasteiger partial charge in [-0.15, -0.1) is 21.5 Å². The normalized spacial score (nSPS) is 11.9. The molecule has 5 rings (SSSR count). The minimum absolute atomic E-state index is 0.128. The Bertz CT molecular complexity index is 2050. The van der Waals surface area contributed by atoms with Crippen molar-refractivity contribution in [2.45, 2.75) is 13.1 Å². The van der Waals surface area contributed by atoms with Gasteiger partial charge in [0.15, 0.2) is 11.6 Å². The van der Waals surface area contributed by atoms with Gasteiger partial charge in [0.05, 0.1) is 11.9 Å². The predicted octanol–water partition coefficient (Wildman–Crippen LogP) is 2.88. The van der Waals surface area contributed by atoms with E-state index in [0.29, 0.717) is 30.6 Å². The average Bonchev–Trinajstić information content (AvgIpc) is 3.31. The summed E-state index contributed by atoms with van der Waals surface area (Å²) < 4.78 is 64.2. The first kappa shape index (κ1) is 30.0. The Hall–Kier alpha value is -4.51. The van der Waals surface area contributed by atoms with Crippen LogP contribution in [0.1, 0.15) is 11.1 Å². The van der Waals surface area contributed by atoms with Crippen LogP contribution in [0.3, 0.4) is 0 Å². The number of aromatic nitrogens is 4. The molecule has 16 heteroatoms. The number of nitrogens with two attached hydrogens (primary N) is 1. The third-order valence-corrected chi connectivity index (χ3v) is 8.82. The molecule has 5 aromatic rings. The second-order valence-electron chi connectivity index (χ2n) is 9.85. The topological polar surface area (TPSA) is 157 Å². The van der Waals surface area contributed by atoms with Crippen LogP contribution >= 0.6 is 11.3 Å². The summed E-state index contributed by atoms with van der Waals surface area (Å²) in [5.41, 5.74) is 5.58. The fraction of sp³-hybridized carbons (Fsp3) is 0.185. The maximum Gasteiger partial charge on any atom is 0.360 e. The number of hydrogen-bond donors (Lipinski definition) is 2. The van der Waals surface area contributed by atoms with E-state index in [9.17, 15) is 31.3 Å². The maximum absolute atomic E-state index is 14.8. The number of fused-ring (bicyclic) bond motifs is 1. The molecule has 0 aliphatic rings. The first-order valence-corrected chi connectivity index (χ1v) is 14.8. The summed E-state index contributed by atoms with van der Waals surface area (Å²) in [5.74, 6) is -2.31. The molecule has 3 N–H and O–H groups in total. The maximum atomic E-state index is 14.8. The van der Waals surface area contributed by atoms with Crippen molar-refractivity contribution in [2.75, 3.05) is 31.2 Å². The zero-order valence-corrected chi connectivity index (χ0v) is 24.7. The van der Waals surface area contributed by atoms with Gasteiger partial charge in [-0.05, 0) is 61.6 Å². The van der Waals surface area contributed by atoms with E-state index in [2.05, 4.69) is 10.2 Å². The number of benzene rings is 2. The minimum Gasteiger partial charge on any atom is -0.399 e. The summed E-state index contributed by atoms with van der Waals surface area (Å²) in [7, 11) is -0.0226. The molecule has 224 valence electrons. The van der Waals surface area contributed by atoms with Crippen molar-refractivity contribution < 1.29 is 21.8 Å². The molecule has 0 bridgehead atoms. The molecule has 43 heavy (non-hydrogen) atoms. The van der Waals surface area contributed by atoms with Crippen LogP contribution in [0.5, 0.6) is 0 Å². The van der Waals surface area contributed by atoms with Crippen LogP contribution < -0.4 is 21.3 Å². The second-order valence-corrected chi connectivity index (χ2v) is 12.3. The van der Waals surface area contributed by atoms with Crippen molar-refractivity contribution in [3.05, 3.63) is 98.2 Å². The molecule has 0 aliphatic heterocycles. The van der Waals surface area contributed by atoms with Crippen molar-refractivity contribution in [2.24, 2.45) is 0 Å². The van der Waals surface area contributed by atoms with E-state index in [4.69, 9.17) is 5.73 Å². The molecule has 0 saturated heterocycles. The highest BCUT2D eigenvalue weighted by molar-refractivity contribution is 7.87. The number of rotatable bonds is 8. The fourth-order valence-electron chi connectivity index (χ4n) is 4.51. The lowest BCUT2D eigenvalue weighted by Gasteiger charge is -2.15. The molecular formula is C27H25F2N7O5S2. The lowest BCUT2D eigenvalue weighted by Crippen LogP contribution is -2.40. The molecule has 0 radical (unpaired) electrons. The van der Waals surface area contributed by atoms with Gasteiger partial charge < -0.3 is 10.6 Å². The number of thiophene rings is 1. The van der Waals surface area contributed by atoms with Gasteiger partial charge in [-0.2, -0.15) is 8.42 Å². The molecule has 0 unspecified atom stereocenters. The van der Waals surface area contributed by atoms with Gasteiger partial charge in [-0.25, -0.2) is 22.4 Å². The summed E-state index contributed by atoms with van der Waals surface area (Å²) in [6.07, 6.45) is 0. The predicted molar refractivity (Wildman–Crippen MR) is 160 cm³/mol. The van der Waals surface area contributed by atoms with E-state index in [1.54, 1.807) is 38.4 Å². The van der Waals surface area contributed by atoms with Crippen LogP contribution in [0.25, 0.3) is 26.5 Å². The quantitative estimate of drug-likeness (QED) is 0.195. The molecule has 0 aliphatic carbocycles. The molecule has 3 heterocycles.